The standard InChI is InChI=1S/2C15H25NO3.C4H6O6/c2*1-12(2)16-10-14(17)11-19-15-6-4-13(5-7-15)8-9-18-3;5-1(3(7)8)2(6)4(9)10/h2*4-7,12,14,16-17H,8-11H2,1-3H3;1-2,5-6H,(H,7,8)(H,9,10)/t2*14-;/m11./s1. The molecule has 4 atom stereocenters. The highest BCUT2D eigenvalue weighted by Crippen LogP contribution is 2.14. The Bertz CT molecular complexity index is 1010. The monoisotopic (exact) mass is 684 g/mol. The molecule has 2 aromatic rings. The van der Waals surface area contributed by atoms with Gasteiger partial charge >= 0.3 is 11.9 Å². The molecule has 0 heterocycles. The Kier molecular flexibility index (Phi) is 24.7. The second-order valence-electron chi connectivity index (χ2n) is 11.4. The van der Waals surface area contributed by atoms with E-state index in [1.165, 1.54) is 11.1 Å². The van der Waals surface area contributed by atoms with E-state index < -0.39 is 36.4 Å². The number of carboxylic acids is 2. The number of hydrogen-bond donors (Lipinski definition) is 8. The fourth-order valence-corrected chi connectivity index (χ4v) is 3.46. The van der Waals surface area contributed by atoms with E-state index in [1.54, 1.807) is 14.2 Å². The minimum Gasteiger partial charge on any atom is -0.491 e. The van der Waals surface area contributed by atoms with Crippen molar-refractivity contribution in [3.8, 4) is 11.5 Å². The van der Waals surface area contributed by atoms with E-state index in [2.05, 4.69) is 10.6 Å². The summed E-state index contributed by atoms with van der Waals surface area (Å²) in [6.45, 7) is 11.3. The Morgan fingerprint density at radius 3 is 1.17 bits per heavy atom. The van der Waals surface area contributed by atoms with Crippen molar-refractivity contribution in [2.45, 2.75) is 77.0 Å². The topological polar surface area (TPSA) is 216 Å². The average Bonchev–Trinajstić information content (AvgIpc) is 3.06. The van der Waals surface area contributed by atoms with Gasteiger partial charge in [0, 0.05) is 39.4 Å². The maximum atomic E-state index is 9.77. The summed E-state index contributed by atoms with van der Waals surface area (Å²) in [6.07, 6.45) is -3.71. The Hall–Kier alpha value is -3.34. The lowest BCUT2D eigenvalue weighted by molar-refractivity contribution is -0.165. The Balaban J connectivity index is 0.000000727. The number of benzene rings is 2. The van der Waals surface area contributed by atoms with Gasteiger partial charge < -0.3 is 60.2 Å². The van der Waals surface area contributed by atoms with Gasteiger partial charge in [0.25, 0.3) is 0 Å². The Morgan fingerprint density at radius 2 is 0.917 bits per heavy atom. The van der Waals surface area contributed by atoms with Crippen LogP contribution in [0.5, 0.6) is 11.5 Å². The van der Waals surface area contributed by atoms with Crippen molar-refractivity contribution < 1.29 is 59.2 Å². The first kappa shape index (κ1) is 44.7. The van der Waals surface area contributed by atoms with E-state index >= 15 is 0 Å². The quantitative estimate of drug-likeness (QED) is 0.0925. The van der Waals surface area contributed by atoms with Crippen LogP contribution in [0.25, 0.3) is 0 Å². The third-order valence-corrected chi connectivity index (χ3v) is 6.25. The van der Waals surface area contributed by atoms with Crippen LogP contribution in [0.3, 0.4) is 0 Å². The molecule has 8 N–H and O–H groups in total. The highest BCUT2D eigenvalue weighted by Gasteiger charge is 2.29. The van der Waals surface area contributed by atoms with Crippen molar-refractivity contribution in [1.82, 2.24) is 10.6 Å². The summed E-state index contributed by atoms with van der Waals surface area (Å²) in [6, 6.07) is 16.5. The van der Waals surface area contributed by atoms with E-state index in [9.17, 15) is 19.8 Å². The summed E-state index contributed by atoms with van der Waals surface area (Å²) in [4.78, 5) is 19.5. The summed E-state index contributed by atoms with van der Waals surface area (Å²) < 4.78 is 21.1. The van der Waals surface area contributed by atoms with Crippen LogP contribution in [0.2, 0.25) is 0 Å². The molecular formula is C34H56N2O12. The maximum absolute atomic E-state index is 9.77. The molecule has 48 heavy (non-hydrogen) atoms. The number of ether oxygens (including phenoxy) is 4. The number of carbonyl (C=O) groups is 2. The van der Waals surface area contributed by atoms with Crippen LogP contribution in [0.1, 0.15) is 38.8 Å². The third-order valence-electron chi connectivity index (χ3n) is 6.25. The van der Waals surface area contributed by atoms with Crippen molar-refractivity contribution in [3.63, 3.8) is 0 Å². The number of aliphatic hydroxyl groups is 4. The Labute approximate surface area is 283 Å². The van der Waals surface area contributed by atoms with Crippen LogP contribution in [0, 0.1) is 0 Å². The summed E-state index contributed by atoms with van der Waals surface area (Å²) in [5.41, 5.74) is 2.44. The summed E-state index contributed by atoms with van der Waals surface area (Å²) in [7, 11) is 3.40. The van der Waals surface area contributed by atoms with Crippen molar-refractivity contribution >= 4 is 11.9 Å². The minimum atomic E-state index is -2.27. The maximum Gasteiger partial charge on any atom is 0.335 e. The predicted octanol–water partition coefficient (Wildman–Crippen LogP) is 1.10. The first-order valence-corrected chi connectivity index (χ1v) is 15.8. The van der Waals surface area contributed by atoms with Crippen LogP contribution < -0.4 is 20.1 Å². The molecule has 0 saturated carbocycles. The molecule has 0 bridgehead atoms. The highest BCUT2D eigenvalue weighted by molar-refractivity contribution is 5.83. The number of aliphatic carboxylic acids is 2. The molecule has 0 fully saturated rings. The fraction of sp³-hybridized carbons (Fsp3) is 0.588. The molecule has 0 aliphatic heterocycles. The molecule has 0 saturated heterocycles. The summed E-state index contributed by atoms with van der Waals surface area (Å²) in [5.74, 6) is -1.97. The van der Waals surface area contributed by atoms with Gasteiger partial charge in [0.15, 0.2) is 12.2 Å². The van der Waals surface area contributed by atoms with Crippen LogP contribution >= 0.6 is 0 Å². The van der Waals surface area contributed by atoms with Gasteiger partial charge in [0.1, 0.15) is 36.9 Å². The van der Waals surface area contributed by atoms with Gasteiger partial charge in [0.2, 0.25) is 0 Å². The second-order valence-corrected chi connectivity index (χ2v) is 11.4. The van der Waals surface area contributed by atoms with Crippen LogP contribution in [0.15, 0.2) is 48.5 Å². The van der Waals surface area contributed by atoms with Gasteiger partial charge in [-0.1, -0.05) is 52.0 Å². The van der Waals surface area contributed by atoms with E-state index in [-0.39, 0.29) is 0 Å². The van der Waals surface area contributed by atoms with Crippen molar-refractivity contribution in [3.05, 3.63) is 59.7 Å². The number of rotatable bonds is 21. The average molecular weight is 685 g/mol. The lowest BCUT2D eigenvalue weighted by Crippen LogP contribution is -2.39. The molecule has 0 radical (unpaired) electrons. The molecule has 0 aromatic heterocycles. The summed E-state index contributed by atoms with van der Waals surface area (Å²) in [5, 5.41) is 58.3. The van der Waals surface area contributed by atoms with Crippen LogP contribution in [-0.2, 0) is 31.9 Å². The molecule has 2 aromatic carbocycles. The van der Waals surface area contributed by atoms with Gasteiger partial charge in [-0.05, 0) is 48.2 Å². The first-order valence-electron chi connectivity index (χ1n) is 15.8. The number of carboxylic acid groups (broad SMARTS) is 2. The lowest BCUT2D eigenvalue weighted by Gasteiger charge is -2.15. The van der Waals surface area contributed by atoms with Crippen LogP contribution in [-0.4, -0.2) is 133 Å². The van der Waals surface area contributed by atoms with E-state index in [1.807, 2.05) is 76.2 Å². The smallest absolute Gasteiger partial charge is 0.335 e. The van der Waals surface area contributed by atoms with Gasteiger partial charge in [0.05, 0.1) is 13.2 Å². The van der Waals surface area contributed by atoms with Gasteiger partial charge in [-0.15, -0.1) is 0 Å². The zero-order valence-electron chi connectivity index (χ0n) is 28.9. The highest BCUT2D eigenvalue weighted by atomic mass is 16.5. The molecule has 14 heteroatoms. The largest absolute Gasteiger partial charge is 0.491 e. The zero-order chi connectivity index (χ0) is 36.5. The van der Waals surface area contributed by atoms with Crippen LogP contribution in [0.4, 0.5) is 0 Å². The zero-order valence-corrected chi connectivity index (χ0v) is 28.9. The molecule has 0 aliphatic rings. The molecule has 0 amide bonds. The fourth-order valence-electron chi connectivity index (χ4n) is 3.46. The number of hydrogen-bond acceptors (Lipinski definition) is 12. The molecule has 0 aliphatic carbocycles. The number of nitrogens with one attached hydrogen (secondary N) is 2. The second kappa shape index (κ2) is 26.6. The molecular weight excluding hydrogens is 628 g/mol. The predicted molar refractivity (Wildman–Crippen MR) is 181 cm³/mol. The minimum absolute atomic E-state index is 0.303. The van der Waals surface area contributed by atoms with Gasteiger partial charge in [-0.25, -0.2) is 9.59 Å². The normalized spacial score (nSPS) is 13.3. The van der Waals surface area contributed by atoms with Crippen molar-refractivity contribution in [1.29, 1.82) is 0 Å². The van der Waals surface area contributed by atoms with E-state index in [4.69, 9.17) is 39.4 Å². The Morgan fingerprint density at radius 1 is 0.604 bits per heavy atom. The van der Waals surface area contributed by atoms with Gasteiger partial charge in [-0.2, -0.15) is 0 Å². The number of aliphatic hydroxyl groups excluding tert-OH is 4. The van der Waals surface area contributed by atoms with E-state index in [0.717, 1.165) is 37.6 Å². The lowest BCUT2D eigenvalue weighted by atomic mass is 10.1. The van der Waals surface area contributed by atoms with Gasteiger partial charge in [-0.3, -0.25) is 0 Å². The summed E-state index contributed by atoms with van der Waals surface area (Å²) >= 11 is 0. The third kappa shape index (κ3) is 23.1. The SMILES string of the molecule is COCCc1ccc(OC[C@H](O)CNC(C)C)cc1.COCCc1ccc(OC[C@H](O)CNC(C)C)cc1.O=C(O)C(O)C(O)C(=O)O. The van der Waals surface area contributed by atoms with E-state index in [0.29, 0.717) is 38.4 Å². The molecule has 274 valence electrons. The van der Waals surface area contributed by atoms with Crippen molar-refractivity contribution in [2.24, 2.45) is 0 Å². The first-order chi connectivity index (χ1) is 22.7. The number of methoxy groups -OCH3 is 2. The molecule has 2 rings (SSSR count). The molecule has 0 spiro atoms. The molecule has 14 nitrogen and oxygen atoms in total. The van der Waals surface area contributed by atoms with Crippen molar-refractivity contribution in [2.75, 3.05) is 53.7 Å². The molecule has 2 unspecified atom stereocenters.